The van der Waals surface area contributed by atoms with Gasteiger partial charge in [-0.15, -0.1) is 0 Å². The summed E-state index contributed by atoms with van der Waals surface area (Å²) in [5.74, 6) is 1.18. The van der Waals surface area contributed by atoms with Crippen LogP contribution in [0.3, 0.4) is 0 Å². The standard InChI is InChI=1S/C26H40N6.C2H6/c1-5-22-23(6-2)32(15-9-14-31-18-16-29(3)17-19-31)25(28-22)20-30(4)24-12-7-10-21-11-8-13-27-26(21)24;1-2/h5-6,8,11,13,24H,7,9-10,12,14-20H2,1-4H3;1-2H3/b22-5+,23-6+;. The molecule has 0 saturated carbocycles. The van der Waals surface area contributed by atoms with Gasteiger partial charge in [0.1, 0.15) is 5.82 Å². The number of imidazole rings is 1. The Kier molecular flexibility index (Phi) is 10.3. The highest BCUT2D eigenvalue weighted by molar-refractivity contribution is 5.26. The monoisotopic (exact) mass is 466 g/mol. The zero-order chi connectivity index (χ0) is 24.5. The Balaban J connectivity index is 0.00000158. The van der Waals surface area contributed by atoms with Crippen LogP contribution in [0.4, 0.5) is 0 Å². The van der Waals surface area contributed by atoms with Crippen LogP contribution >= 0.6 is 0 Å². The summed E-state index contributed by atoms with van der Waals surface area (Å²) < 4.78 is 2.46. The number of piperazine rings is 1. The van der Waals surface area contributed by atoms with E-state index in [4.69, 9.17) is 9.97 Å². The van der Waals surface area contributed by atoms with E-state index >= 15 is 0 Å². The number of aryl methyl sites for hydroxylation is 1. The topological polar surface area (TPSA) is 40.4 Å². The fourth-order valence-electron chi connectivity index (χ4n) is 5.29. The molecule has 188 valence electrons. The minimum atomic E-state index is 0.374. The lowest BCUT2D eigenvalue weighted by Crippen LogP contribution is -2.45. The summed E-state index contributed by atoms with van der Waals surface area (Å²) in [6.07, 6.45) is 11.0. The summed E-state index contributed by atoms with van der Waals surface area (Å²) in [7, 11) is 4.46. The van der Waals surface area contributed by atoms with Gasteiger partial charge in [-0.3, -0.25) is 9.88 Å². The van der Waals surface area contributed by atoms with E-state index in [9.17, 15) is 0 Å². The summed E-state index contributed by atoms with van der Waals surface area (Å²) in [4.78, 5) is 17.3. The zero-order valence-electron chi connectivity index (χ0n) is 22.4. The second-order valence-electron chi connectivity index (χ2n) is 9.40. The summed E-state index contributed by atoms with van der Waals surface area (Å²) in [5.41, 5.74) is 2.68. The molecule has 4 rings (SSSR count). The van der Waals surface area contributed by atoms with E-state index in [0.29, 0.717) is 6.04 Å². The van der Waals surface area contributed by atoms with Crippen LogP contribution < -0.4 is 10.7 Å². The Labute approximate surface area is 207 Å². The maximum atomic E-state index is 5.06. The fraction of sp³-hybridized carbons (Fsp3) is 0.643. The van der Waals surface area contributed by atoms with Gasteiger partial charge in [0, 0.05) is 38.9 Å². The first-order valence-corrected chi connectivity index (χ1v) is 13.3. The van der Waals surface area contributed by atoms with E-state index in [2.05, 4.69) is 71.5 Å². The molecule has 3 heterocycles. The van der Waals surface area contributed by atoms with Crippen molar-refractivity contribution >= 4 is 12.2 Å². The average Bonchev–Trinajstić information content (AvgIpc) is 3.22. The van der Waals surface area contributed by atoms with Crippen molar-refractivity contribution in [2.24, 2.45) is 0 Å². The first kappa shape index (κ1) is 26.6. The molecular weight excluding hydrogens is 420 g/mol. The fourth-order valence-corrected chi connectivity index (χ4v) is 5.29. The number of hydrogen-bond donors (Lipinski definition) is 0. The quantitative estimate of drug-likeness (QED) is 0.627. The van der Waals surface area contributed by atoms with Gasteiger partial charge in [-0.05, 0) is 71.8 Å². The Morgan fingerprint density at radius 3 is 2.56 bits per heavy atom. The maximum absolute atomic E-state index is 5.06. The van der Waals surface area contributed by atoms with Crippen molar-refractivity contribution in [2.45, 2.75) is 72.5 Å². The number of nitrogens with zero attached hydrogens (tertiary/aromatic N) is 6. The lowest BCUT2D eigenvalue weighted by atomic mass is 9.91. The van der Waals surface area contributed by atoms with Crippen LogP contribution in [0.5, 0.6) is 0 Å². The van der Waals surface area contributed by atoms with Gasteiger partial charge in [0.05, 0.1) is 29.0 Å². The van der Waals surface area contributed by atoms with Crippen LogP contribution in [-0.2, 0) is 19.5 Å². The van der Waals surface area contributed by atoms with Gasteiger partial charge >= 0.3 is 0 Å². The Morgan fingerprint density at radius 2 is 1.85 bits per heavy atom. The third kappa shape index (κ3) is 6.35. The minimum Gasteiger partial charge on any atom is -0.327 e. The van der Waals surface area contributed by atoms with Crippen LogP contribution in [0.25, 0.3) is 12.2 Å². The van der Waals surface area contributed by atoms with E-state index in [1.54, 1.807) is 0 Å². The van der Waals surface area contributed by atoms with Crippen LogP contribution in [0.2, 0.25) is 0 Å². The van der Waals surface area contributed by atoms with Gasteiger partial charge in [-0.2, -0.15) is 0 Å². The lowest BCUT2D eigenvalue weighted by molar-refractivity contribution is 0.150. The number of pyridine rings is 1. The van der Waals surface area contributed by atoms with Crippen LogP contribution in [0, 0.1) is 0 Å². The molecule has 0 amide bonds. The largest absolute Gasteiger partial charge is 0.327 e. The van der Waals surface area contributed by atoms with E-state index in [1.165, 1.54) is 61.5 Å². The molecule has 1 aliphatic carbocycles. The predicted molar refractivity (Wildman–Crippen MR) is 143 cm³/mol. The molecule has 34 heavy (non-hydrogen) atoms. The van der Waals surface area contributed by atoms with E-state index in [0.717, 1.165) is 37.8 Å². The molecule has 0 aromatic carbocycles. The van der Waals surface area contributed by atoms with Crippen molar-refractivity contribution in [3.63, 3.8) is 0 Å². The third-order valence-electron chi connectivity index (χ3n) is 7.20. The van der Waals surface area contributed by atoms with Crippen LogP contribution in [0.1, 0.15) is 70.1 Å². The minimum absolute atomic E-state index is 0.374. The van der Waals surface area contributed by atoms with Crippen LogP contribution in [0.15, 0.2) is 18.3 Å². The van der Waals surface area contributed by atoms with Crippen molar-refractivity contribution in [3.05, 3.63) is 46.1 Å². The average molecular weight is 467 g/mol. The molecule has 0 N–H and O–H groups in total. The van der Waals surface area contributed by atoms with Crippen molar-refractivity contribution in [2.75, 3.05) is 46.8 Å². The smallest absolute Gasteiger partial charge is 0.124 e. The molecular formula is C28H46N6. The molecule has 2 aromatic rings. The highest BCUT2D eigenvalue weighted by atomic mass is 15.2. The number of likely N-dealkylation sites (N-methyl/N-ethyl adjacent to an activating group) is 1. The Hall–Kier alpha value is -2.02. The molecule has 1 saturated heterocycles. The summed E-state index contributed by atoms with van der Waals surface area (Å²) in [6.45, 7) is 16.0. The number of rotatable bonds is 7. The number of hydrogen-bond acceptors (Lipinski definition) is 5. The van der Waals surface area contributed by atoms with Crippen molar-refractivity contribution in [1.82, 2.24) is 29.2 Å². The molecule has 0 spiro atoms. The number of aromatic nitrogens is 3. The Bertz CT molecular complexity index is 1000. The molecule has 0 bridgehead atoms. The molecule has 2 aliphatic rings. The molecule has 1 fully saturated rings. The summed E-state index contributed by atoms with van der Waals surface area (Å²) in [6, 6.07) is 4.69. The molecule has 6 nitrogen and oxygen atoms in total. The first-order chi connectivity index (χ1) is 16.6. The Morgan fingerprint density at radius 1 is 1.09 bits per heavy atom. The highest BCUT2D eigenvalue weighted by Crippen LogP contribution is 2.32. The van der Waals surface area contributed by atoms with E-state index in [1.807, 2.05) is 20.0 Å². The summed E-state index contributed by atoms with van der Waals surface area (Å²) in [5, 5.41) is 2.37. The van der Waals surface area contributed by atoms with Gasteiger partial charge < -0.3 is 14.4 Å². The van der Waals surface area contributed by atoms with Gasteiger partial charge in [0.2, 0.25) is 0 Å². The summed E-state index contributed by atoms with van der Waals surface area (Å²) >= 11 is 0. The molecule has 0 radical (unpaired) electrons. The first-order valence-electron chi connectivity index (χ1n) is 13.3. The predicted octanol–water partition coefficient (Wildman–Crippen LogP) is 3.05. The molecule has 6 heteroatoms. The van der Waals surface area contributed by atoms with Crippen molar-refractivity contribution in [3.8, 4) is 0 Å². The molecule has 1 unspecified atom stereocenters. The van der Waals surface area contributed by atoms with Gasteiger partial charge in [0.25, 0.3) is 0 Å². The third-order valence-corrected chi connectivity index (χ3v) is 7.20. The number of fused-ring (bicyclic) bond motifs is 1. The van der Waals surface area contributed by atoms with Gasteiger partial charge in [0.15, 0.2) is 0 Å². The van der Waals surface area contributed by atoms with E-state index in [-0.39, 0.29) is 0 Å². The van der Waals surface area contributed by atoms with Crippen molar-refractivity contribution in [1.29, 1.82) is 0 Å². The zero-order valence-corrected chi connectivity index (χ0v) is 22.4. The second kappa shape index (κ2) is 13.2. The highest BCUT2D eigenvalue weighted by Gasteiger charge is 2.26. The lowest BCUT2D eigenvalue weighted by Gasteiger charge is -2.32. The molecule has 1 aliphatic heterocycles. The van der Waals surface area contributed by atoms with Crippen LogP contribution in [-0.4, -0.2) is 76.1 Å². The maximum Gasteiger partial charge on any atom is 0.124 e. The van der Waals surface area contributed by atoms with E-state index < -0.39 is 0 Å². The molecule has 2 aromatic heterocycles. The van der Waals surface area contributed by atoms with Gasteiger partial charge in [-0.1, -0.05) is 32.1 Å². The van der Waals surface area contributed by atoms with Crippen molar-refractivity contribution < 1.29 is 0 Å². The van der Waals surface area contributed by atoms with Gasteiger partial charge in [-0.25, -0.2) is 4.98 Å². The second-order valence-corrected chi connectivity index (χ2v) is 9.40. The SMILES string of the molecule is C/C=c1/nc(CN(C)C2CCCc3cccnc32)n(CCCN2CCN(C)CC2)/c1=C/C.CC. The molecule has 1 atom stereocenters. The normalized spacial score (nSPS) is 20.4.